The third-order valence-corrected chi connectivity index (χ3v) is 8.70. The second kappa shape index (κ2) is 12.3. The monoisotopic (exact) mass is 596 g/mol. The minimum Gasteiger partial charge on any atom is -0.497 e. The second-order valence-corrected chi connectivity index (χ2v) is 11.4. The SMILES string of the molecule is COc1ccc(-c2ccc(C3(O)CCC([C@]4(NC(=O)CNC(=O)c5cccc(C(F)(F)F)c5)CCNC4)CC3)nc2)cc1. The molecule has 43 heavy (non-hydrogen) atoms. The minimum absolute atomic E-state index is 0.0875. The van der Waals surface area contributed by atoms with Crippen LogP contribution in [-0.4, -0.2) is 54.2 Å². The van der Waals surface area contributed by atoms with Crippen LogP contribution in [0.3, 0.4) is 0 Å². The Morgan fingerprint density at radius 2 is 1.77 bits per heavy atom. The molecule has 2 heterocycles. The zero-order valence-corrected chi connectivity index (χ0v) is 23.8. The highest BCUT2D eigenvalue weighted by Gasteiger charge is 2.47. The second-order valence-electron chi connectivity index (χ2n) is 11.4. The van der Waals surface area contributed by atoms with Crippen molar-refractivity contribution in [2.45, 2.75) is 49.4 Å². The molecule has 5 rings (SSSR count). The number of rotatable bonds is 8. The fourth-order valence-electron chi connectivity index (χ4n) is 6.22. The molecule has 8 nitrogen and oxygen atoms in total. The smallest absolute Gasteiger partial charge is 0.416 e. The summed E-state index contributed by atoms with van der Waals surface area (Å²) in [6, 6.07) is 15.6. The van der Waals surface area contributed by atoms with Crippen molar-refractivity contribution in [2.75, 3.05) is 26.7 Å². The number of halogens is 3. The number of carbonyl (C=O) groups is 2. The van der Waals surface area contributed by atoms with Crippen LogP contribution in [0.25, 0.3) is 11.1 Å². The van der Waals surface area contributed by atoms with Crippen LogP contribution < -0.4 is 20.7 Å². The van der Waals surface area contributed by atoms with E-state index in [0.29, 0.717) is 50.9 Å². The summed E-state index contributed by atoms with van der Waals surface area (Å²) in [7, 11) is 1.62. The fraction of sp³-hybridized carbons (Fsp3) is 0.406. The van der Waals surface area contributed by atoms with Crippen molar-refractivity contribution >= 4 is 11.8 Å². The normalized spacial score (nSPS) is 23.9. The molecule has 2 aliphatic rings. The van der Waals surface area contributed by atoms with Crippen LogP contribution in [0.15, 0.2) is 66.9 Å². The van der Waals surface area contributed by atoms with Gasteiger partial charge in [0.15, 0.2) is 0 Å². The molecule has 0 unspecified atom stereocenters. The summed E-state index contributed by atoms with van der Waals surface area (Å²) in [5.74, 6) is -0.316. The van der Waals surface area contributed by atoms with Crippen LogP contribution in [0.2, 0.25) is 0 Å². The number of pyridine rings is 1. The third-order valence-electron chi connectivity index (χ3n) is 8.70. The van der Waals surface area contributed by atoms with Gasteiger partial charge in [-0.05, 0) is 86.5 Å². The number of benzene rings is 2. The van der Waals surface area contributed by atoms with Crippen molar-refractivity contribution in [3.63, 3.8) is 0 Å². The lowest BCUT2D eigenvalue weighted by molar-refractivity contribution is -0.137. The largest absolute Gasteiger partial charge is 0.497 e. The molecule has 0 bridgehead atoms. The van der Waals surface area contributed by atoms with Gasteiger partial charge in [0.2, 0.25) is 5.91 Å². The van der Waals surface area contributed by atoms with Crippen molar-refractivity contribution < 1.29 is 32.6 Å². The van der Waals surface area contributed by atoms with Crippen LogP contribution >= 0.6 is 0 Å². The maximum Gasteiger partial charge on any atom is 0.416 e. The van der Waals surface area contributed by atoms with Gasteiger partial charge in [0, 0.05) is 23.9 Å². The number of hydrogen-bond acceptors (Lipinski definition) is 6. The molecule has 2 amide bonds. The van der Waals surface area contributed by atoms with Gasteiger partial charge in [-0.3, -0.25) is 14.6 Å². The summed E-state index contributed by atoms with van der Waals surface area (Å²) in [4.78, 5) is 30.0. The van der Waals surface area contributed by atoms with Gasteiger partial charge in [-0.1, -0.05) is 24.3 Å². The van der Waals surface area contributed by atoms with E-state index in [1.54, 1.807) is 13.3 Å². The Morgan fingerprint density at radius 3 is 2.37 bits per heavy atom. The maximum atomic E-state index is 13.0. The Bertz CT molecular complexity index is 1430. The summed E-state index contributed by atoms with van der Waals surface area (Å²) < 4.78 is 44.3. The molecule has 4 N–H and O–H groups in total. The Balaban J connectivity index is 1.18. The number of hydrogen-bond donors (Lipinski definition) is 4. The molecule has 1 aliphatic heterocycles. The van der Waals surface area contributed by atoms with E-state index in [0.717, 1.165) is 35.1 Å². The van der Waals surface area contributed by atoms with E-state index in [2.05, 4.69) is 20.9 Å². The summed E-state index contributed by atoms with van der Waals surface area (Å²) in [5.41, 5.74) is -0.187. The van der Waals surface area contributed by atoms with Crippen LogP contribution in [0.5, 0.6) is 5.75 Å². The number of aromatic nitrogens is 1. The molecule has 1 saturated heterocycles. The van der Waals surface area contributed by atoms with E-state index in [-0.39, 0.29) is 18.0 Å². The first-order valence-corrected chi connectivity index (χ1v) is 14.3. The van der Waals surface area contributed by atoms with Crippen LogP contribution in [0.1, 0.15) is 53.7 Å². The molecular weight excluding hydrogens is 561 g/mol. The molecule has 1 aromatic heterocycles. The summed E-state index contributed by atoms with van der Waals surface area (Å²) >= 11 is 0. The number of nitrogens with zero attached hydrogens (tertiary/aromatic N) is 1. The molecule has 0 radical (unpaired) electrons. The highest BCUT2D eigenvalue weighted by atomic mass is 19.4. The maximum absolute atomic E-state index is 13.0. The molecule has 2 fully saturated rings. The van der Waals surface area contributed by atoms with Gasteiger partial charge in [-0.2, -0.15) is 13.2 Å². The predicted molar refractivity (Wildman–Crippen MR) is 154 cm³/mol. The van der Waals surface area contributed by atoms with E-state index in [4.69, 9.17) is 4.74 Å². The molecule has 1 saturated carbocycles. The number of ether oxygens (including phenoxy) is 1. The Morgan fingerprint density at radius 1 is 1.05 bits per heavy atom. The fourth-order valence-corrected chi connectivity index (χ4v) is 6.22. The highest BCUT2D eigenvalue weighted by molar-refractivity contribution is 5.96. The average molecular weight is 597 g/mol. The highest BCUT2D eigenvalue weighted by Crippen LogP contribution is 2.44. The lowest BCUT2D eigenvalue weighted by Crippen LogP contribution is -2.58. The number of methoxy groups -OCH3 is 1. The van der Waals surface area contributed by atoms with Gasteiger partial charge in [0.1, 0.15) is 11.4 Å². The van der Waals surface area contributed by atoms with Gasteiger partial charge in [-0.25, -0.2) is 0 Å². The quantitative estimate of drug-likeness (QED) is 0.306. The molecule has 1 atom stereocenters. The van der Waals surface area contributed by atoms with Crippen LogP contribution in [-0.2, 0) is 16.6 Å². The zero-order chi connectivity index (χ0) is 30.7. The average Bonchev–Trinajstić information content (AvgIpc) is 3.49. The van der Waals surface area contributed by atoms with Crippen LogP contribution in [0, 0.1) is 5.92 Å². The number of aliphatic hydroxyl groups is 1. The molecule has 1 aliphatic carbocycles. The first kappa shape index (κ1) is 30.5. The third kappa shape index (κ3) is 6.83. The molecular formula is C32H35F3N4O4. The van der Waals surface area contributed by atoms with Crippen molar-refractivity contribution in [1.82, 2.24) is 20.9 Å². The van der Waals surface area contributed by atoms with E-state index < -0.39 is 34.7 Å². The zero-order valence-electron chi connectivity index (χ0n) is 23.8. The molecule has 2 aromatic carbocycles. The van der Waals surface area contributed by atoms with Crippen LogP contribution in [0.4, 0.5) is 13.2 Å². The summed E-state index contributed by atoms with van der Waals surface area (Å²) in [6.07, 6.45) is 0.176. The Hall–Kier alpha value is -3.96. The lowest BCUT2D eigenvalue weighted by atomic mass is 9.68. The summed E-state index contributed by atoms with van der Waals surface area (Å²) in [5, 5.41) is 20.4. The lowest BCUT2D eigenvalue weighted by Gasteiger charge is -2.44. The number of amides is 2. The molecule has 11 heteroatoms. The summed E-state index contributed by atoms with van der Waals surface area (Å²) in [6.45, 7) is 0.905. The van der Waals surface area contributed by atoms with Crippen molar-refractivity contribution in [2.24, 2.45) is 5.92 Å². The van der Waals surface area contributed by atoms with E-state index in [1.807, 2.05) is 36.4 Å². The van der Waals surface area contributed by atoms with E-state index in [9.17, 15) is 27.9 Å². The number of carbonyl (C=O) groups excluding carboxylic acids is 2. The topological polar surface area (TPSA) is 113 Å². The molecule has 228 valence electrons. The number of nitrogens with one attached hydrogen (secondary N) is 3. The number of alkyl halides is 3. The molecule has 0 spiro atoms. The first-order chi connectivity index (χ1) is 20.5. The van der Waals surface area contributed by atoms with Crippen molar-refractivity contribution in [1.29, 1.82) is 0 Å². The minimum atomic E-state index is -4.57. The van der Waals surface area contributed by atoms with Crippen molar-refractivity contribution in [3.05, 3.63) is 83.7 Å². The van der Waals surface area contributed by atoms with Gasteiger partial charge in [-0.15, -0.1) is 0 Å². The Labute approximate surface area is 248 Å². The van der Waals surface area contributed by atoms with Gasteiger partial charge < -0.3 is 25.8 Å². The standard InChI is InChI=1S/C32H35F3N4O4/c1-43-26-8-5-21(6-9-26)23-7-10-27(37-18-23)31(42)13-11-24(12-14-31)30(15-16-36-20-30)39-28(40)19-38-29(41)22-3-2-4-25(17-22)32(33,34)35/h2-10,17-18,24,36,42H,11-16,19-20H2,1H3,(H,38,41)(H,39,40)/t24?,30-,31?/m0/s1. The Kier molecular flexibility index (Phi) is 8.75. The van der Waals surface area contributed by atoms with Gasteiger partial charge >= 0.3 is 6.18 Å². The van der Waals surface area contributed by atoms with E-state index >= 15 is 0 Å². The first-order valence-electron chi connectivity index (χ1n) is 14.3. The van der Waals surface area contributed by atoms with Gasteiger partial charge in [0.25, 0.3) is 5.91 Å². The molecule has 3 aromatic rings. The van der Waals surface area contributed by atoms with Crippen molar-refractivity contribution in [3.8, 4) is 16.9 Å². The van der Waals surface area contributed by atoms with Gasteiger partial charge in [0.05, 0.1) is 30.5 Å². The predicted octanol–water partition coefficient (Wildman–Crippen LogP) is 4.43. The van der Waals surface area contributed by atoms with E-state index in [1.165, 1.54) is 6.07 Å².